The number of aromatic nitrogens is 3. The molecule has 0 saturated carbocycles. The first-order valence-corrected chi connectivity index (χ1v) is 4.70. The number of hydrogen-bond donors (Lipinski definition) is 4. The maximum Gasteiger partial charge on any atom is 0.692 e. The summed E-state index contributed by atoms with van der Waals surface area (Å²) in [7, 11) is -2.87. The van der Waals surface area contributed by atoms with Gasteiger partial charge in [-0.1, -0.05) is 6.92 Å². The van der Waals surface area contributed by atoms with E-state index in [0.29, 0.717) is 0 Å². The number of hydrogen-bond acceptors (Lipinski definition) is 4. The Morgan fingerprint density at radius 3 is 2.62 bits per heavy atom. The fourth-order valence-electron chi connectivity index (χ4n) is 0.587. The predicted octanol–water partition coefficient (Wildman–Crippen LogP) is -0.157. The van der Waals surface area contributed by atoms with Gasteiger partial charge >= 0.3 is 8.25 Å². The monoisotopic (exact) mass is 207 g/mol. The molecule has 0 aliphatic rings. The first-order valence-electron chi connectivity index (χ1n) is 3.53. The molecule has 0 bridgehead atoms. The van der Waals surface area contributed by atoms with Crippen molar-refractivity contribution in [3.8, 4) is 0 Å². The second kappa shape index (κ2) is 6.62. The average Bonchev–Trinajstić information content (AvgIpc) is 2.54. The van der Waals surface area contributed by atoms with Crippen LogP contribution in [0, 0.1) is 0 Å². The number of aromatic amines is 1. The van der Waals surface area contributed by atoms with E-state index < -0.39 is 8.25 Å². The van der Waals surface area contributed by atoms with Gasteiger partial charge in [0.2, 0.25) is 0 Å². The van der Waals surface area contributed by atoms with Crippen LogP contribution in [-0.4, -0.2) is 25.0 Å². The second-order valence-electron chi connectivity index (χ2n) is 2.14. The molecule has 0 aromatic carbocycles. The third kappa shape index (κ3) is 6.30. The van der Waals surface area contributed by atoms with Crippen molar-refractivity contribution in [3.05, 3.63) is 12.2 Å². The van der Waals surface area contributed by atoms with E-state index in [1.54, 1.807) is 0 Å². The van der Waals surface area contributed by atoms with E-state index >= 15 is 0 Å². The molecule has 7 nitrogen and oxygen atoms in total. The zero-order valence-corrected chi connectivity index (χ0v) is 7.98. The van der Waals surface area contributed by atoms with E-state index in [1.807, 2.05) is 6.92 Å². The van der Waals surface area contributed by atoms with Crippen LogP contribution in [-0.2, 0) is 4.57 Å². The van der Waals surface area contributed by atoms with Crippen LogP contribution < -0.4 is 5.73 Å². The van der Waals surface area contributed by atoms with Gasteiger partial charge in [0.1, 0.15) is 12.2 Å². The van der Waals surface area contributed by atoms with Gasteiger partial charge in [-0.25, -0.2) is 4.98 Å². The summed E-state index contributed by atoms with van der Waals surface area (Å²) in [4.78, 5) is 18.1. The Bertz CT molecular complexity index is 236. The largest absolute Gasteiger partial charge is 0.692 e. The Morgan fingerprint density at radius 2 is 2.31 bits per heavy atom. The van der Waals surface area contributed by atoms with Gasteiger partial charge in [-0.15, -0.1) is 9.79 Å². The van der Waals surface area contributed by atoms with Crippen molar-refractivity contribution in [2.75, 3.05) is 0 Å². The molecule has 0 fully saturated rings. The minimum atomic E-state index is -2.87. The van der Waals surface area contributed by atoms with E-state index in [-0.39, 0.29) is 6.04 Å². The highest BCUT2D eigenvalue weighted by atomic mass is 31.1. The summed E-state index contributed by atoms with van der Waals surface area (Å²) in [6.07, 6.45) is 2.35. The smallest absolute Gasteiger partial charge is 0.321 e. The molecule has 8 heteroatoms. The number of nitrogens with zero attached hydrogens (tertiary/aromatic N) is 2. The van der Waals surface area contributed by atoms with Crippen molar-refractivity contribution in [2.45, 2.75) is 19.4 Å². The zero-order chi connectivity index (χ0) is 10.3. The molecule has 1 unspecified atom stereocenters. The molecule has 74 valence electrons. The Labute approximate surface area is 76.0 Å². The summed E-state index contributed by atoms with van der Waals surface area (Å²) in [5, 5.41) is 6.38. The molecule has 1 aromatic heterocycles. The molecule has 5 N–H and O–H groups in total. The van der Waals surface area contributed by atoms with Gasteiger partial charge in [0.05, 0.1) is 6.04 Å². The van der Waals surface area contributed by atoms with Gasteiger partial charge in [0, 0.05) is 4.57 Å². The molecular weight excluding hydrogens is 195 g/mol. The fourth-order valence-corrected chi connectivity index (χ4v) is 0.587. The summed E-state index contributed by atoms with van der Waals surface area (Å²) < 4.78 is 8.70. The minimum Gasteiger partial charge on any atom is -0.321 e. The quantitative estimate of drug-likeness (QED) is 0.499. The highest BCUT2D eigenvalue weighted by Crippen LogP contribution is 2.04. The maximum atomic E-state index is 8.70. The molecule has 0 aliphatic heterocycles. The maximum absolute atomic E-state index is 8.70. The standard InChI is InChI=1S/C5H10N4.HO3P/c1-2-4(6)5-7-3-8-9-5;1-4(2)3/h3-4H,2,6H2,1H3,(H,7,8,9);(H-,1,2,3)/p+1. The third-order valence-electron chi connectivity index (χ3n) is 1.22. The lowest BCUT2D eigenvalue weighted by Gasteiger charge is -2.00. The van der Waals surface area contributed by atoms with Crippen molar-refractivity contribution in [1.29, 1.82) is 0 Å². The van der Waals surface area contributed by atoms with Crippen LogP contribution >= 0.6 is 8.25 Å². The number of nitrogens with two attached hydrogens (primary N) is 1. The first-order chi connectivity index (χ1) is 6.07. The molecule has 0 amide bonds. The molecule has 13 heavy (non-hydrogen) atoms. The van der Waals surface area contributed by atoms with Crippen molar-refractivity contribution >= 4 is 8.25 Å². The predicted molar refractivity (Wildman–Crippen MR) is 45.6 cm³/mol. The lowest BCUT2D eigenvalue weighted by molar-refractivity contribution is 0.405. The van der Waals surface area contributed by atoms with Crippen LogP contribution in [0.25, 0.3) is 0 Å². The van der Waals surface area contributed by atoms with E-state index in [2.05, 4.69) is 15.2 Å². The summed E-state index contributed by atoms with van der Waals surface area (Å²) in [5.41, 5.74) is 5.60. The van der Waals surface area contributed by atoms with Crippen LogP contribution in [0.2, 0.25) is 0 Å². The van der Waals surface area contributed by atoms with Crippen LogP contribution in [0.5, 0.6) is 0 Å². The van der Waals surface area contributed by atoms with Crippen molar-refractivity contribution in [1.82, 2.24) is 15.2 Å². The molecule has 1 heterocycles. The van der Waals surface area contributed by atoms with E-state index in [4.69, 9.17) is 20.1 Å². The normalized spacial score (nSPS) is 11.4. The Kier molecular flexibility index (Phi) is 6.17. The molecular formula is C5H12N4O3P+. The van der Waals surface area contributed by atoms with Crippen molar-refractivity contribution < 1.29 is 14.4 Å². The number of nitrogens with one attached hydrogen (secondary N) is 1. The summed E-state index contributed by atoms with van der Waals surface area (Å²) >= 11 is 0. The van der Waals surface area contributed by atoms with Crippen molar-refractivity contribution in [2.24, 2.45) is 5.73 Å². The van der Waals surface area contributed by atoms with Crippen LogP contribution in [0.3, 0.4) is 0 Å². The molecule has 0 spiro atoms. The zero-order valence-electron chi connectivity index (χ0n) is 7.08. The number of H-pyrrole nitrogens is 1. The van der Waals surface area contributed by atoms with Gasteiger partial charge in [-0.05, 0) is 6.42 Å². The number of rotatable bonds is 2. The lowest BCUT2D eigenvalue weighted by Crippen LogP contribution is -2.10. The highest BCUT2D eigenvalue weighted by Gasteiger charge is 2.03. The second-order valence-corrected chi connectivity index (χ2v) is 2.64. The van der Waals surface area contributed by atoms with Gasteiger partial charge in [0.15, 0.2) is 0 Å². The first kappa shape index (κ1) is 12.1. The van der Waals surface area contributed by atoms with Crippen LogP contribution in [0.1, 0.15) is 25.2 Å². The topological polar surface area (TPSA) is 125 Å². The summed E-state index contributed by atoms with van der Waals surface area (Å²) in [6.45, 7) is 2.01. The van der Waals surface area contributed by atoms with Crippen LogP contribution in [0.4, 0.5) is 0 Å². The Morgan fingerprint density at radius 1 is 1.77 bits per heavy atom. The van der Waals surface area contributed by atoms with Crippen LogP contribution in [0.15, 0.2) is 6.33 Å². The van der Waals surface area contributed by atoms with E-state index in [9.17, 15) is 0 Å². The SMILES string of the molecule is CCC(N)c1ncn[nH]1.O=[P+](O)O. The molecule has 0 radical (unpaired) electrons. The van der Waals surface area contributed by atoms with E-state index in [0.717, 1.165) is 12.2 Å². The van der Waals surface area contributed by atoms with Gasteiger partial charge in [-0.2, -0.15) is 5.10 Å². The lowest BCUT2D eigenvalue weighted by atomic mass is 10.2. The van der Waals surface area contributed by atoms with Crippen molar-refractivity contribution in [3.63, 3.8) is 0 Å². The van der Waals surface area contributed by atoms with Gasteiger partial charge in [-0.3, -0.25) is 5.10 Å². The highest BCUT2D eigenvalue weighted by molar-refractivity contribution is 7.30. The fraction of sp³-hybridized carbons (Fsp3) is 0.600. The van der Waals surface area contributed by atoms with Gasteiger partial charge in [0.25, 0.3) is 0 Å². The third-order valence-corrected chi connectivity index (χ3v) is 1.22. The molecule has 1 rings (SSSR count). The van der Waals surface area contributed by atoms with E-state index in [1.165, 1.54) is 6.33 Å². The Hall–Kier alpha value is -0.880. The summed E-state index contributed by atoms with van der Waals surface area (Å²) in [6, 6.07) is 0.00694. The van der Waals surface area contributed by atoms with Gasteiger partial charge < -0.3 is 5.73 Å². The summed E-state index contributed by atoms with van der Waals surface area (Å²) in [5.74, 6) is 0.762. The molecule has 0 aliphatic carbocycles. The minimum absolute atomic E-state index is 0.00694. The molecule has 1 aromatic rings. The molecule has 1 atom stereocenters. The average molecular weight is 207 g/mol. The Balaban J connectivity index is 0.000000310. The molecule has 0 saturated heterocycles.